The van der Waals surface area contributed by atoms with E-state index in [1.54, 1.807) is 0 Å². The number of hydrogen-bond donors (Lipinski definition) is 10. The van der Waals surface area contributed by atoms with Crippen LogP contribution in [0.2, 0.25) is 0 Å². The van der Waals surface area contributed by atoms with E-state index in [4.69, 9.17) is 0 Å². The van der Waals surface area contributed by atoms with Gasteiger partial charge in [-0.05, 0) is 121 Å². The summed E-state index contributed by atoms with van der Waals surface area (Å²) >= 11 is 41.0. The lowest BCUT2D eigenvalue weighted by Crippen LogP contribution is -1.63. The SMILES string of the molecule is Sc1ccc(S)cc1.Sc1ccc(S)cc1.Sc1ccc(S)cc1.Sc1ccc(S)cc1.Sc1ccc(S)cc1. The van der Waals surface area contributed by atoms with Crippen molar-refractivity contribution >= 4 is 126 Å². The van der Waals surface area contributed by atoms with Crippen LogP contribution in [-0.2, 0) is 0 Å². The first-order chi connectivity index (χ1) is 18.9. The van der Waals surface area contributed by atoms with Gasteiger partial charge in [-0.15, -0.1) is 126 Å². The number of benzene rings is 5. The van der Waals surface area contributed by atoms with Gasteiger partial charge in [0.1, 0.15) is 0 Å². The zero-order valence-electron chi connectivity index (χ0n) is 21.0. The maximum Gasteiger partial charge on any atom is 0.00407 e. The van der Waals surface area contributed by atoms with Crippen molar-refractivity contribution in [3.63, 3.8) is 0 Å². The quantitative estimate of drug-likeness (QED) is 0.0696. The second-order valence-corrected chi connectivity index (χ2v) is 12.7. The highest BCUT2D eigenvalue weighted by Gasteiger charge is 1.84. The van der Waals surface area contributed by atoms with Gasteiger partial charge in [0.25, 0.3) is 0 Å². The maximum atomic E-state index is 4.10. The summed E-state index contributed by atoms with van der Waals surface area (Å²) < 4.78 is 0. The van der Waals surface area contributed by atoms with Crippen molar-refractivity contribution in [2.24, 2.45) is 0 Å². The van der Waals surface area contributed by atoms with Crippen molar-refractivity contribution in [3.8, 4) is 0 Å². The molecule has 0 spiro atoms. The minimum Gasteiger partial charge on any atom is -0.143 e. The van der Waals surface area contributed by atoms with Crippen LogP contribution >= 0.6 is 126 Å². The van der Waals surface area contributed by atoms with Gasteiger partial charge in [-0.1, -0.05) is 0 Å². The molecule has 0 unspecified atom stereocenters. The van der Waals surface area contributed by atoms with Crippen molar-refractivity contribution in [2.45, 2.75) is 49.0 Å². The van der Waals surface area contributed by atoms with E-state index < -0.39 is 0 Å². The standard InChI is InChI=1S/5C6H6S2/c5*7-5-1-2-6(8)4-3-5/h5*1-4,7-8H. The van der Waals surface area contributed by atoms with E-state index in [1.807, 2.05) is 121 Å². The predicted molar refractivity (Wildman–Crippen MR) is 205 cm³/mol. The fourth-order valence-electron chi connectivity index (χ4n) is 2.26. The molecular formula is C30H30S10. The van der Waals surface area contributed by atoms with Gasteiger partial charge in [-0.3, -0.25) is 0 Å². The van der Waals surface area contributed by atoms with Crippen LogP contribution in [0.5, 0.6) is 0 Å². The summed E-state index contributed by atoms with van der Waals surface area (Å²) in [5, 5.41) is 0. The number of hydrogen-bond acceptors (Lipinski definition) is 10. The van der Waals surface area contributed by atoms with E-state index in [0.717, 1.165) is 49.0 Å². The molecule has 5 aromatic rings. The monoisotopic (exact) mass is 710 g/mol. The predicted octanol–water partition coefficient (Wildman–Crippen LogP) is 11.3. The van der Waals surface area contributed by atoms with Crippen molar-refractivity contribution < 1.29 is 0 Å². The van der Waals surface area contributed by atoms with E-state index in [9.17, 15) is 0 Å². The molecule has 0 bridgehead atoms. The van der Waals surface area contributed by atoms with E-state index in [-0.39, 0.29) is 0 Å². The van der Waals surface area contributed by atoms with Gasteiger partial charge in [0.05, 0.1) is 0 Å². The summed E-state index contributed by atoms with van der Waals surface area (Å²) in [7, 11) is 0. The molecule has 0 aliphatic carbocycles. The third-order valence-electron chi connectivity index (χ3n) is 4.25. The Hall–Kier alpha value is -0.400. The average Bonchev–Trinajstić information content (AvgIpc) is 2.94. The molecular weight excluding hydrogens is 681 g/mol. The molecule has 0 amide bonds. The molecule has 0 aliphatic heterocycles. The molecule has 10 heteroatoms. The summed E-state index contributed by atoms with van der Waals surface area (Å²) in [5.41, 5.74) is 0. The van der Waals surface area contributed by atoms with Gasteiger partial charge in [0, 0.05) is 49.0 Å². The summed E-state index contributed by atoms with van der Waals surface area (Å²) in [5.74, 6) is 0. The lowest BCUT2D eigenvalue weighted by Gasteiger charge is -1.88. The first-order valence-electron chi connectivity index (χ1n) is 11.3. The van der Waals surface area contributed by atoms with Crippen LogP contribution in [-0.4, -0.2) is 0 Å². The average molecular weight is 711 g/mol. The molecule has 0 aromatic heterocycles. The Morgan fingerprint density at radius 3 is 0.250 bits per heavy atom. The molecule has 0 saturated carbocycles. The second-order valence-electron chi connectivity index (χ2n) is 7.58. The molecule has 0 radical (unpaired) electrons. The Morgan fingerprint density at radius 2 is 0.200 bits per heavy atom. The Kier molecular flexibility index (Phi) is 20.9. The molecule has 0 saturated heterocycles. The van der Waals surface area contributed by atoms with Crippen LogP contribution in [0, 0.1) is 0 Å². The molecule has 0 aliphatic rings. The highest BCUT2D eigenvalue weighted by molar-refractivity contribution is 7.82. The highest BCUT2D eigenvalue weighted by atomic mass is 32.1. The highest BCUT2D eigenvalue weighted by Crippen LogP contribution is 2.12. The van der Waals surface area contributed by atoms with Gasteiger partial charge >= 0.3 is 0 Å². The van der Waals surface area contributed by atoms with E-state index in [2.05, 4.69) is 126 Å². The van der Waals surface area contributed by atoms with Crippen molar-refractivity contribution in [3.05, 3.63) is 121 Å². The van der Waals surface area contributed by atoms with E-state index >= 15 is 0 Å². The Bertz CT molecular complexity index is 979. The summed E-state index contributed by atoms with van der Waals surface area (Å²) in [6.07, 6.45) is 0. The van der Waals surface area contributed by atoms with Crippen molar-refractivity contribution in [2.75, 3.05) is 0 Å². The topological polar surface area (TPSA) is 0 Å². The minimum atomic E-state index is 0.975. The van der Waals surface area contributed by atoms with Crippen LogP contribution in [0.1, 0.15) is 0 Å². The number of thiol groups is 10. The fraction of sp³-hybridized carbons (Fsp3) is 0. The lowest BCUT2D eigenvalue weighted by atomic mass is 10.4. The largest absolute Gasteiger partial charge is 0.143 e. The van der Waals surface area contributed by atoms with Crippen LogP contribution in [0.15, 0.2) is 170 Å². The third kappa shape index (κ3) is 20.5. The molecule has 5 aromatic carbocycles. The first kappa shape index (κ1) is 37.6. The fourth-order valence-corrected chi connectivity index (χ4v) is 3.75. The van der Waals surface area contributed by atoms with Crippen LogP contribution in [0.25, 0.3) is 0 Å². The lowest BCUT2D eigenvalue weighted by molar-refractivity contribution is 1.37. The van der Waals surface area contributed by atoms with Crippen molar-refractivity contribution in [1.29, 1.82) is 0 Å². The van der Waals surface area contributed by atoms with Crippen LogP contribution in [0.3, 0.4) is 0 Å². The normalized spacial score (nSPS) is 9.25. The molecule has 0 N–H and O–H groups in total. The van der Waals surface area contributed by atoms with Crippen LogP contribution < -0.4 is 0 Å². The molecule has 0 atom stereocenters. The Balaban J connectivity index is 0.000000250. The molecule has 0 heterocycles. The summed E-state index contributed by atoms with van der Waals surface area (Å²) in [4.78, 5) is 9.75. The first-order valence-corrected chi connectivity index (χ1v) is 15.8. The van der Waals surface area contributed by atoms with E-state index in [1.165, 1.54) is 0 Å². The number of rotatable bonds is 0. The molecule has 5 rings (SSSR count). The van der Waals surface area contributed by atoms with E-state index in [0.29, 0.717) is 0 Å². The molecule has 40 heavy (non-hydrogen) atoms. The summed E-state index contributed by atoms with van der Waals surface area (Å²) in [6.45, 7) is 0. The molecule has 0 nitrogen and oxygen atoms in total. The minimum absolute atomic E-state index is 0.975. The Morgan fingerprint density at radius 1 is 0.150 bits per heavy atom. The zero-order chi connectivity index (χ0) is 29.9. The smallest absolute Gasteiger partial charge is 0.00407 e. The molecule has 210 valence electrons. The third-order valence-corrected chi connectivity index (χ3v) is 7.23. The van der Waals surface area contributed by atoms with Crippen molar-refractivity contribution in [1.82, 2.24) is 0 Å². The zero-order valence-corrected chi connectivity index (χ0v) is 30.0. The Labute approximate surface area is 293 Å². The maximum absolute atomic E-state index is 4.10. The van der Waals surface area contributed by atoms with Gasteiger partial charge < -0.3 is 0 Å². The van der Waals surface area contributed by atoms with Gasteiger partial charge in [0.2, 0.25) is 0 Å². The van der Waals surface area contributed by atoms with Gasteiger partial charge in [0.15, 0.2) is 0 Å². The second kappa shape index (κ2) is 22.2. The summed E-state index contributed by atoms with van der Waals surface area (Å²) in [6, 6.07) is 38.2. The van der Waals surface area contributed by atoms with Gasteiger partial charge in [-0.25, -0.2) is 0 Å². The molecule has 0 fully saturated rings. The van der Waals surface area contributed by atoms with Crippen LogP contribution in [0.4, 0.5) is 0 Å². The van der Waals surface area contributed by atoms with Gasteiger partial charge in [-0.2, -0.15) is 0 Å².